The van der Waals surface area contributed by atoms with E-state index in [2.05, 4.69) is 0 Å². The lowest BCUT2D eigenvalue weighted by Crippen LogP contribution is -2.11. The highest BCUT2D eigenvalue weighted by atomic mass is 32.2. The molecule has 7 heteroatoms. The van der Waals surface area contributed by atoms with E-state index in [-0.39, 0.29) is 5.78 Å². The molecule has 3 heterocycles. The number of ketones is 1. The molecule has 21 heavy (non-hydrogen) atoms. The van der Waals surface area contributed by atoms with Crippen LogP contribution in [0.3, 0.4) is 0 Å². The molecule has 0 fully saturated rings. The predicted molar refractivity (Wildman–Crippen MR) is 73.9 cm³/mol. The Morgan fingerprint density at radius 3 is 2.81 bits per heavy atom. The lowest BCUT2D eigenvalue weighted by atomic mass is 10.1. The molecule has 110 valence electrons. The lowest BCUT2D eigenvalue weighted by molar-refractivity contribution is -0.138. The number of furan rings is 1. The van der Waals surface area contributed by atoms with Gasteiger partial charge in [-0.15, -0.1) is 0 Å². The molecule has 2 aromatic heterocycles. The van der Waals surface area contributed by atoms with Crippen molar-refractivity contribution in [3.05, 3.63) is 41.6 Å². The first kappa shape index (κ1) is 13.8. The molecule has 1 N–H and O–H groups in total. The van der Waals surface area contributed by atoms with Gasteiger partial charge in [0.2, 0.25) is 5.78 Å². The average Bonchev–Trinajstić information content (AvgIpc) is 3.13. The highest BCUT2D eigenvalue weighted by Gasteiger charge is 2.35. The Morgan fingerprint density at radius 2 is 2.24 bits per heavy atom. The molecule has 0 aromatic carbocycles. The van der Waals surface area contributed by atoms with Crippen molar-refractivity contribution in [2.45, 2.75) is 23.8 Å². The molecule has 0 amide bonds. The van der Waals surface area contributed by atoms with Crippen LogP contribution in [-0.4, -0.2) is 31.9 Å². The Labute approximate surface area is 122 Å². The second-order valence-corrected chi connectivity index (χ2v) is 6.26. The number of aliphatic carboxylic acids is 1. The number of hydrogen-bond acceptors (Lipinski definition) is 4. The normalized spacial score (nSPS) is 18.4. The fourth-order valence-corrected chi connectivity index (χ4v) is 3.47. The molecule has 2 aromatic rings. The minimum absolute atomic E-state index is 0.300. The van der Waals surface area contributed by atoms with E-state index in [1.165, 1.54) is 24.8 Å². The van der Waals surface area contributed by atoms with Gasteiger partial charge in [-0.3, -0.25) is 13.8 Å². The van der Waals surface area contributed by atoms with Crippen LogP contribution < -0.4 is 0 Å². The quantitative estimate of drug-likeness (QED) is 0.867. The molecule has 0 spiro atoms. The minimum Gasteiger partial charge on any atom is -0.481 e. The van der Waals surface area contributed by atoms with E-state index in [4.69, 9.17) is 4.42 Å². The van der Waals surface area contributed by atoms with Gasteiger partial charge in [-0.2, -0.15) is 0 Å². The highest BCUT2D eigenvalue weighted by Crippen LogP contribution is 2.35. The molecule has 2 unspecified atom stereocenters. The van der Waals surface area contributed by atoms with Crippen LogP contribution in [-0.2, 0) is 22.1 Å². The Balaban J connectivity index is 2.16. The number of carboxylic acids is 1. The van der Waals surface area contributed by atoms with Crippen LogP contribution in [0.15, 0.2) is 34.0 Å². The smallest absolute Gasteiger partial charge is 0.312 e. The number of aromatic nitrogens is 1. The summed E-state index contributed by atoms with van der Waals surface area (Å²) in [6, 6.07) is 3.11. The van der Waals surface area contributed by atoms with E-state index in [0.717, 1.165) is 0 Å². The fraction of sp³-hybridized carbons (Fsp3) is 0.286. The third-order valence-electron chi connectivity index (χ3n) is 3.70. The second-order valence-electron chi connectivity index (χ2n) is 4.91. The molecule has 1 aliphatic heterocycles. The van der Waals surface area contributed by atoms with E-state index >= 15 is 0 Å². The number of carbonyl (C=O) groups excluding carboxylic acids is 1. The summed E-state index contributed by atoms with van der Waals surface area (Å²) in [7, 11) is -1.37. The van der Waals surface area contributed by atoms with Gasteiger partial charge in [0.25, 0.3) is 0 Å². The van der Waals surface area contributed by atoms with Gasteiger partial charge >= 0.3 is 5.97 Å². The van der Waals surface area contributed by atoms with Gasteiger partial charge in [0.15, 0.2) is 0 Å². The van der Waals surface area contributed by atoms with Gasteiger partial charge < -0.3 is 14.1 Å². The average molecular weight is 307 g/mol. The highest BCUT2D eigenvalue weighted by molar-refractivity contribution is 7.84. The van der Waals surface area contributed by atoms with Gasteiger partial charge in [0, 0.05) is 18.5 Å². The third-order valence-corrected chi connectivity index (χ3v) is 4.63. The molecule has 0 radical (unpaired) electrons. The number of carbonyl (C=O) groups is 2. The zero-order chi connectivity index (χ0) is 15.1. The summed E-state index contributed by atoms with van der Waals surface area (Å²) in [5.41, 5.74) is 1.21. The molecule has 2 atom stereocenters. The second kappa shape index (κ2) is 5.00. The van der Waals surface area contributed by atoms with Crippen LogP contribution in [0.25, 0.3) is 0 Å². The zero-order valence-corrected chi connectivity index (χ0v) is 12.1. The molecular weight excluding hydrogens is 294 g/mol. The first-order valence-corrected chi connectivity index (χ1v) is 7.93. The van der Waals surface area contributed by atoms with Gasteiger partial charge in [0.05, 0.1) is 33.4 Å². The maximum Gasteiger partial charge on any atom is 0.312 e. The summed E-state index contributed by atoms with van der Waals surface area (Å²) in [6.45, 7) is 0.433. The van der Waals surface area contributed by atoms with Crippen LogP contribution in [0.5, 0.6) is 0 Å². The van der Waals surface area contributed by atoms with Gasteiger partial charge in [-0.25, -0.2) is 0 Å². The van der Waals surface area contributed by atoms with Crippen molar-refractivity contribution in [2.24, 2.45) is 0 Å². The maximum atomic E-state index is 12.6. The summed E-state index contributed by atoms with van der Waals surface area (Å²) < 4.78 is 18.5. The van der Waals surface area contributed by atoms with E-state index in [0.29, 0.717) is 34.8 Å². The number of hydrogen-bond donors (Lipinski definition) is 1. The molecular formula is C14H13NO5S. The van der Waals surface area contributed by atoms with Crippen molar-refractivity contribution in [2.75, 3.05) is 6.26 Å². The number of rotatable bonds is 4. The molecule has 0 saturated heterocycles. The molecule has 0 saturated carbocycles. The number of fused-ring (bicyclic) bond motifs is 1. The third kappa shape index (κ3) is 2.13. The van der Waals surface area contributed by atoms with Crippen LogP contribution in [0, 0.1) is 0 Å². The number of nitrogens with zero attached hydrogens (tertiary/aromatic N) is 1. The van der Waals surface area contributed by atoms with Crippen molar-refractivity contribution in [1.29, 1.82) is 0 Å². The maximum absolute atomic E-state index is 12.6. The molecule has 3 rings (SSSR count). The van der Waals surface area contributed by atoms with E-state index in [9.17, 15) is 18.9 Å². The van der Waals surface area contributed by atoms with Gasteiger partial charge in [-0.1, -0.05) is 0 Å². The monoisotopic (exact) mass is 307 g/mol. The fourth-order valence-electron chi connectivity index (χ4n) is 2.71. The summed E-state index contributed by atoms with van der Waals surface area (Å²) >= 11 is 0. The first-order valence-electron chi connectivity index (χ1n) is 6.37. The van der Waals surface area contributed by atoms with Gasteiger partial charge in [-0.05, 0) is 18.6 Å². The topological polar surface area (TPSA) is 89.5 Å². The van der Waals surface area contributed by atoms with Crippen LogP contribution in [0.1, 0.15) is 34.1 Å². The van der Waals surface area contributed by atoms with Crippen molar-refractivity contribution in [1.82, 2.24) is 4.57 Å². The first-order chi connectivity index (χ1) is 10.0. The molecule has 6 nitrogen and oxygen atoms in total. The van der Waals surface area contributed by atoms with E-state index in [1.54, 1.807) is 10.6 Å². The predicted octanol–water partition coefficient (Wildman–Crippen LogP) is 1.62. The van der Waals surface area contributed by atoms with Gasteiger partial charge in [0.1, 0.15) is 12.0 Å². The Hall–Kier alpha value is -2.15. The van der Waals surface area contributed by atoms with E-state index in [1.807, 2.05) is 0 Å². The minimum atomic E-state index is -1.37. The molecule has 1 aliphatic rings. The Kier molecular flexibility index (Phi) is 3.29. The lowest BCUT2D eigenvalue weighted by Gasteiger charge is -2.05. The van der Waals surface area contributed by atoms with Crippen LogP contribution in [0.2, 0.25) is 0 Å². The van der Waals surface area contributed by atoms with Crippen molar-refractivity contribution in [3.63, 3.8) is 0 Å². The number of carboxylic acid groups (broad SMARTS) is 1. The standard InChI is InChI=1S/C14H13NO5S/c1-21(19)11-6-10-9(14(17)18)2-4-15(10)12(11)13(16)8-3-5-20-7-8/h3,5-7,9H,2,4H2,1H3,(H,17,18). The summed E-state index contributed by atoms with van der Waals surface area (Å²) in [4.78, 5) is 24.2. The van der Waals surface area contributed by atoms with Crippen LogP contribution in [0.4, 0.5) is 0 Å². The molecule has 0 bridgehead atoms. The Bertz CT molecular complexity index is 744. The van der Waals surface area contributed by atoms with Crippen LogP contribution >= 0.6 is 0 Å². The van der Waals surface area contributed by atoms with E-state index < -0.39 is 22.7 Å². The van der Waals surface area contributed by atoms with Crippen molar-refractivity contribution in [3.8, 4) is 0 Å². The molecule has 0 aliphatic carbocycles. The summed E-state index contributed by atoms with van der Waals surface area (Å²) in [5.74, 6) is -1.88. The summed E-state index contributed by atoms with van der Waals surface area (Å²) in [5, 5.41) is 9.23. The zero-order valence-electron chi connectivity index (χ0n) is 11.2. The van der Waals surface area contributed by atoms with Crippen molar-refractivity contribution >= 4 is 22.6 Å². The largest absolute Gasteiger partial charge is 0.481 e. The van der Waals surface area contributed by atoms with Crippen molar-refractivity contribution < 1.29 is 23.3 Å². The SMILES string of the molecule is CS(=O)c1cc2n(c1C(=O)c1ccoc1)CCC2C(=O)O. The summed E-state index contributed by atoms with van der Waals surface area (Å²) in [6.07, 6.45) is 4.64. The Morgan fingerprint density at radius 1 is 1.48 bits per heavy atom.